The molecule has 140 valence electrons. The van der Waals surface area contributed by atoms with Gasteiger partial charge in [0.2, 0.25) is 0 Å². The molecule has 0 aliphatic heterocycles. The van der Waals surface area contributed by atoms with Gasteiger partial charge in [-0.05, 0) is 24.3 Å². The fraction of sp³-hybridized carbons (Fsp3) is 0.211. The van der Waals surface area contributed by atoms with E-state index in [1.54, 1.807) is 25.3 Å². The number of Topliss-reactive ketones (excluding diaryl/α,β-unsaturated/α-hetero) is 1. The van der Waals surface area contributed by atoms with Crippen LogP contribution in [0.15, 0.2) is 52.1 Å². The minimum atomic E-state index is -0.0484. The second-order valence-electron chi connectivity index (χ2n) is 5.65. The highest BCUT2D eigenvalue weighted by atomic mass is 79.9. The van der Waals surface area contributed by atoms with Gasteiger partial charge in [-0.15, -0.1) is 10.2 Å². The van der Waals surface area contributed by atoms with Gasteiger partial charge in [-0.3, -0.25) is 4.79 Å². The van der Waals surface area contributed by atoms with Crippen molar-refractivity contribution in [1.82, 2.24) is 14.8 Å². The summed E-state index contributed by atoms with van der Waals surface area (Å²) in [5.74, 6) is 2.07. The third kappa shape index (κ3) is 4.33. The zero-order chi connectivity index (χ0) is 19.4. The first-order chi connectivity index (χ1) is 13.0. The number of aromatic nitrogens is 3. The van der Waals surface area contributed by atoms with E-state index in [1.807, 2.05) is 35.9 Å². The Kier molecular flexibility index (Phi) is 6.18. The molecule has 8 heteroatoms. The maximum absolute atomic E-state index is 12.6. The standard InChI is InChI=1S/C19H18BrN3O3S/c1-23-18(12-4-6-13(20)7-5-12)21-22-19(23)27-11-16(24)15-9-8-14(25-2)10-17(15)26-3/h4-10H,11H2,1-3H3. The molecule has 0 unspecified atom stereocenters. The van der Waals surface area contributed by atoms with E-state index < -0.39 is 0 Å². The third-order valence-corrected chi connectivity index (χ3v) is 5.53. The van der Waals surface area contributed by atoms with Crippen molar-refractivity contribution < 1.29 is 14.3 Å². The van der Waals surface area contributed by atoms with Gasteiger partial charge in [0.15, 0.2) is 16.8 Å². The van der Waals surface area contributed by atoms with E-state index in [0.717, 1.165) is 15.9 Å². The Morgan fingerprint density at radius 3 is 2.52 bits per heavy atom. The van der Waals surface area contributed by atoms with E-state index in [-0.39, 0.29) is 11.5 Å². The zero-order valence-corrected chi connectivity index (χ0v) is 17.5. The molecule has 0 amide bonds. The second kappa shape index (κ2) is 8.58. The summed E-state index contributed by atoms with van der Waals surface area (Å²) in [6.45, 7) is 0. The van der Waals surface area contributed by atoms with Crippen molar-refractivity contribution in [2.75, 3.05) is 20.0 Å². The summed E-state index contributed by atoms with van der Waals surface area (Å²) >= 11 is 4.76. The van der Waals surface area contributed by atoms with Crippen LogP contribution >= 0.6 is 27.7 Å². The van der Waals surface area contributed by atoms with E-state index >= 15 is 0 Å². The van der Waals surface area contributed by atoms with Crippen LogP contribution in [0.5, 0.6) is 11.5 Å². The second-order valence-corrected chi connectivity index (χ2v) is 7.51. The lowest BCUT2D eigenvalue weighted by atomic mass is 10.1. The van der Waals surface area contributed by atoms with Gasteiger partial charge in [0, 0.05) is 23.2 Å². The number of hydrogen-bond donors (Lipinski definition) is 0. The van der Waals surface area contributed by atoms with Crippen LogP contribution < -0.4 is 9.47 Å². The molecule has 27 heavy (non-hydrogen) atoms. The SMILES string of the molecule is COc1ccc(C(=O)CSc2nnc(-c3ccc(Br)cc3)n2C)c(OC)c1. The van der Waals surface area contributed by atoms with Gasteiger partial charge in [0.05, 0.1) is 25.5 Å². The van der Waals surface area contributed by atoms with Crippen molar-refractivity contribution in [2.24, 2.45) is 7.05 Å². The summed E-state index contributed by atoms with van der Waals surface area (Å²) in [4.78, 5) is 12.6. The van der Waals surface area contributed by atoms with Gasteiger partial charge >= 0.3 is 0 Å². The maximum Gasteiger partial charge on any atom is 0.191 e. The van der Waals surface area contributed by atoms with Crippen LogP contribution in [-0.2, 0) is 7.05 Å². The summed E-state index contributed by atoms with van der Waals surface area (Å²) < 4.78 is 13.4. The summed E-state index contributed by atoms with van der Waals surface area (Å²) in [6.07, 6.45) is 0. The summed E-state index contributed by atoms with van der Waals surface area (Å²) in [7, 11) is 4.99. The molecular formula is C19H18BrN3O3S. The smallest absolute Gasteiger partial charge is 0.191 e. The van der Waals surface area contributed by atoms with Crippen molar-refractivity contribution in [3.63, 3.8) is 0 Å². The Labute approximate surface area is 170 Å². The van der Waals surface area contributed by atoms with Crippen molar-refractivity contribution in [3.8, 4) is 22.9 Å². The fourth-order valence-corrected chi connectivity index (χ4v) is 3.59. The number of ketones is 1. The van der Waals surface area contributed by atoms with Crippen LogP contribution in [0.3, 0.4) is 0 Å². The molecule has 3 aromatic rings. The maximum atomic E-state index is 12.6. The van der Waals surface area contributed by atoms with Crippen LogP contribution in [-0.4, -0.2) is 40.5 Å². The first-order valence-corrected chi connectivity index (χ1v) is 9.84. The lowest BCUT2D eigenvalue weighted by Gasteiger charge is -2.09. The summed E-state index contributed by atoms with van der Waals surface area (Å²) in [5, 5.41) is 9.13. The molecule has 0 fully saturated rings. The lowest BCUT2D eigenvalue weighted by Crippen LogP contribution is -2.06. The average Bonchev–Trinajstić information content (AvgIpc) is 3.06. The summed E-state index contributed by atoms with van der Waals surface area (Å²) in [6, 6.07) is 13.0. The van der Waals surface area contributed by atoms with Crippen molar-refractivity contribution >= 4 is 33.5 Å². The number of methoxy groups -OCH3 is 2. The molecule has 3 rings (SSSR count). The molecule has 0 aliphatic rings. The molecule has 0 aliphatic carbocycles. The number of thioether (sulfide) groups is 1. The largest absolute Gasteiger partial charge is 0.497 e. The Bertz CT molecular complexity index is 957. The number of carbonyl (C=O) groups excluding carboxylic acids is 1. The Balaban J connectivity index is 1.74. The van der Waals surface area contributed by atoms with Crippen LogP contribution in [0.4, 0.5) is 0 Å². The molecule has 2 aromatic carbocycles. The summed E-state index contributed by atoms with van der Waals surface area (Å²) in [5.41, 5.74) is 1.48. The third-order valence-electron chi connectivity index (χ3n) is 3.98. The molecule has 1 heterocycles. The van der Waals surface area contributed by atoms with Gasteiger partial charge in [0.25, 0.3) is 0 Å². The lowest BCUT2D eigenvalue weighted by molar-refractivity contribution is 0.101. The van der Waals surface area contributed by atoms with E-state index in [4.69, 9.17) is 9.47 Å². The number of rotatable bonds is 7. The number of benzene rings is 2. The number of nitrogens with zero attached hydrogens (tertiary/aromatic N) is 3. The zero-order valence-electron chi connectivity index (χ0n) is 15.1. The molecular weight excluding hydrogens is 430 g/mol. The highest BCUT2D eigenvalue weighted by Crippen LogP contribution is 2.28. The molecule has 0 bridgehead atoms. The fourth-order valence-electron chi connectivity index (χ4n) is 2.53. The predicted molar refractivity (Wildman–Crippen MR) is 109 cm³/mol. The predicted octanol–water partition coefficient (Wildman–Crippen LogP) is 4.24. The quantitative estimate of drug-likeness (QED) is 0.398. The molecule has 6 nitrogen and oxygen atoms in total. The monoisotopic (exact) mass is 447 g/mol. The number of hydrogen-bond acceptors (Lipinski definition) is 6. The van der Waals surface area contributed by atoms with Crippen molar-refractivity contribution in [1.29, 1.82) is 0 Å². The van der Waals surface area contributed by atoms with E-state index in [9.17, 15) is 4.79 Å². The molecule has 0 radical (unpaired) electrons. The Morgan fingerprint density at radius 2 is 1.85 bits per heavy atom. The Morgan fingerprint density at radius 1 is 1.11 bits per heavy atom. The number of carbonyl (C=O) groups is 1. The topological polar surface area (TPSA) is 66.2 Å². The van der Waals surface area contributed by atoms with E-state index in [1.165, 1.54) is 18.9 Å². The van der Waals surface area contributed by atoms with Crippen LogP contribution in [0.1, 0.15) is 10.4 Å². The van der Waals surface area contributed by atoms with Gasteiger partial charge in [-0.25, -0.2) is 0 Å². The Hall–Kier alpha value is -2.32. The van der Waals surface area contributed by atoms with Crippen molar-refractivity contribution in [2.45, 2.75) is 5.16 Å². The van der Waals surface area contributed by atoms with Gasteiger partial charge < -0.3 is 14.0 Å². The van der Waals surface area contributed by atoms with Gasteiger partial charge in [-0.2, -0.15) is 0 Å². The van der Waals surface area contributed by atoms with Crippen LogP contribution in [0.2, 0.25) is 0 Å². The molecule has 0 N–H and O–H groups in total. The first-order valence-electron chi connectivity index (χ1n) is 8.07. The highest BCUT2D eigenvalue weighted by molar-refractivity contribution is 9.10. The van der Waals surface area contributed by atoms with Crippen LogP contribution in [0, 0.1) is 0 Å². The molecule has 0 atom stereocenters. The van der Waals surface area contributed by atoms with Crippen molar-refractivity contribution in [3.05, 3.63) is 52.5 Å². The molecule has 0 spiro atoms. The normalized spacial score (nSPS) is 10.7. The molecule has 1 aromatic heterocycles. The first kappa shape index (κ1) is 19.4. The number of halogens is 1. The van der Waals surface area contributed by atoms with E-state index in [0.29, 0.717) is 22.2 Å². The van der Waals surface area contributed by atoms with Crippen LogP contribution in [0.25, 0.3) is 11.4 Å². The molecule has 0 saturated heterocycles. The minimum absolute atomic E-state index is 0.0484. The van der Waals surface area contributed by atoms with Gasteiger partial charge in [-0.1, -0.05) is 39.8 Å². The average molecular weight is 448 g/mol. The van der Waals surface area contributed by atoms with E-state index in [2.05, 4.69) is 26.1 Å². The highest BCUT2D eigenvalue weighted by Gasteiger charge is 2.17. The van der Waals surface area contributed by atoms with Gasteiger partial charge in [0.1, 0.15) is 11.5 Å². The number of ether oxygens (including phenoxy) is 2. The molecule has 0 saturated carbocycles. The minimum Gasteiger partial charge on any atom is -0.497 e.